The van der Waals surface area contributed by atoms with Gasteiger partial charge in [-0.15, -0.1) is 0 Å². The van der Waals surface area contributed by atoms with Crippen LogP contribution in [0.1, 0.15) is 48.7 Å². The molecule has 5 heteroatoms. The van der Waals surface area contributed by atoms with Gasteiger partial charge in [0.15, 0.2) is 0 Å². The minimum Gasteiger partial charge on any atom is -0.493 e. The summed E-state index contributed by atoms with van der Waals surface area (Å²) in [6, 6.07) is 7.61. The molecule has 0 saturated heterocycles. The molecule has 122 valence electrons. The molecule has 0 aliphatic heterocycles. The first kappa shape index (κ1) is 15.6. The number of nitrogens with one attached hydrogen (secondary N) is 1. The summed E-state index contributed by atoms with van der Waals surface area (Å²) in [5.74, 6) is 1.88. The van der Waals surface area contributed by atoms with Crippen molar-refractivity contribution >= 4 is 11.7 Å². The molecule has 1 aliphatic carbocycles. The first-order valence-electron chi connectivity index (χ1n) is 8.19. The largest absolute Gasteiger partial charge is 0.493 e. The molecule has 23 heavy (non-hydrogen) atoms. The third-order valence-corrected chi connectivity index (χ3v) is 4.33. The number of carbonyl (C=O) groups is 1. The van der Waals surface area contributed by atoms with Crippen LogP contribution >= 0.6 is 0 Å². The molecule has 0 bridgehead atoms. The summed E-state index contributed by atoms with van der Waals surface area (Å²) in [6.07, 6.45) is 4.28. The summed E-state index contributed by atoms with van der Waals surface area (Å²) in [5.41, 5.74) is 1.51. The lowest BCUT2D eigenvalue weighted by Crippen LogP contribution is -2.19. The van der Waals surface area contributed by atoms with E-state index in [0.29, 0.717) is 29.9 Å². The minimum atomic E-state index is -0.165. The molecule has 0 unspecified atom stereocenters. The molecule has 0 radical (unpaired) electrons. The van der Waals surface area contributed by atoms with E-state index in [1.54, 1.807) is 6.07 Å². The zero-order valence-corrected chi connectivity index (χ0v) is 13.9. The zero-order chi connectivity index (χ0) is 16.4. The van der Waals surface area contributed by atoms with Gasteiger partial charge in [-0.3, -0.25) is 4.79 Å². The van der Waals surface area contributed by atoms with Gasteiger partial charge in [0.25, 0.3) is 5.91 Å². The molecular formula is C18H23N3O2. The van der Waals surface area contributed by atoms with E-state index in [1.807, 2.05) is 42.9 Å². The second kappa shape index (κ2) is 6.44. The Kier molecular flexibility index (Phi) is 4.37. The highest BCUT2D eigenvalue weighted by atomic mass is 16.5. The molecule has 1 amide bonds. The molecule has 1 aromatic carbocycles. The Hall–Kier alpha value is -2.30. The van der Waals surface area contributed by atoms with Gasteiger partial charge in [0.1, 0.15) is 11.6 Å². The van der Waals surface area contributed by atoms with Gasteiger partial charge in [-0.05, 0) is 51.7 Å². The van der Waals surface area contributed by atoms with Gasteiger partial charge >= 0.3 is 0 Å². The van der Waals surface area contributed by atoms with Crippen molar-refractivity contribution in [2.75, 3.05) is 11.9 Å². The summed E-state index contributed by atoms with van der Waals surface area (Å²) >= 11 is 0. The minimum absolute atomic E-state index is 0.165. The topological polar surface area (TPSA) is 56.1 Å². The molecule has 1 saturated carbocycles. The van der Waals surface area contributed by atoms with Gasteiger partial charge in [0, 0.05) is 5.56 Å². The van der Waals surface area contributed by atoms with Gasteiger partial charge < -0.3 is 10.1 Å². The quantitative estimate of drug-likeness (QED) is 0.882. The molecular weight excluding hydrogens is 290 g/mol. The first-order chi connectivity index (χ1) is 11.1. The number of ether oxygens (including phenoxy) is 1. The number of hydrogen-bond donors (Lipinski definition) is 1. The number of amides is 1. The third-order valence-electron chi connectivity index (χ3n) is 4.33. The van der Waals surface area contributed by atoms with Crippen LogP contribution in [0.2, 0.25) is 0 Å². The van der Waals surface area contributed by atoms with Crippen molar-refractivity contribution in [2.24, 2.45) is 5.92 Å². The predicted molar refractivity (Wildman–Crippen MR) is 90.0 cm³/mol. The Balaban J connectivity index is 1.85. The number of hydrogen-bond acceptors (Lipinski definition) is 3. The maximum atomic E-state index is 12.7. The zero-order valence-electron chi connectivity index (χ0n) is 13.9. The average molecular weight is 313 g/mol. The Morgan fingerprint density at radius 1 is 1.43 bits per heavy atom. The van der Waals surface area contributed by atoms with Crippen molar-refractivity contribution in [3.05, 3.63) is 41.6 Å². The SMILES string of the molecule is CCOc1ccccc1C(=O)Nc1c(C)cnn1[C@H](C)C1CC1. The van der Waals surface area contributed by atoms with Crippen molar-refractivity contribution in [2.45, 2.75) is 39.7 Å². The molecule has 1 heterocycles. The highest BCUT2D eigenvalue weighted by molar-refractivity contribution is 6.06. The van der Waals surface area contributed by atoms with Crippen LogP contribution in [-0.4, -0.2) is 22.3 Å². The number of aryl methyl sites for hydroxylation is 1. The van der Waals surface area contributed by atoms with Crippen LogP contribution < -0.4 is 10.1 Å². The van der Waals surface area contributed by atoms with Gasteiger partial charge in [-0.25, -0.2) is 4.68 Å². The fourth-order valence-corrected chi connectivity index (χ4v) is 2.80. The smallest absolute Gasteiger partial charge is 0.260 e. The Labute approximate surface area is 136 Å². The Bertz CT molecular complexity index is 704. The number of nitrogens with zero attached hydrogens (tertiary/aromatic N) is 2. The van der Waals surface area contributed by atoms with Crippen LogP contribution in [0.4, 0.5) is 5.82 Å². The molecule has 5 nitrogen and oxygen atoms in total. The molecule has 0 spiro atoms. The summed E-state index contributed by atoms with van der Waals surface area (Å²) < 4.78 is 7.49. The highest BCUT2D eigenvalue weighted by Crippen LogP contribution is 2.40. The second-order valence-corrected chi connectivity index (χ2v) is 6.08. The van der Waals surface area contributed by atoms with Crippen molar-refractivity contribution in [3.63, 3.8) is 0 Å². The van der Waals surface area contributed by atoms with Crippen molar-refractivity contribution in [1.29, 1.82) is 0 Å². The summed E-state index contributed by atoms with van der Waals surface area (Å²) in [5, 5.41) is 7.47. The monoisotopic (exact) mass is 313 g/mol. The summed E-state index contributed by atoms with van der Waals surface area (Å²) in [6.45, 7) is 6.56. The van der Waals surface area contributed by atoms with Gasteiger partial charge in [0.2, 0.25) is 0 Å². The van der Waals surface area contributed by atoms with E-state index < -0.39 is 0 Å². The second-order valence-electron chi connectivity index (χ2n) is 6.08. The number of rotatable bonds is 6. The molecule has 3 rings (SSSR count). The molecule has 1 N–H and O–H groups in total. The Morgan fingerprint density at radius 3 is 2.87 bits per heavy atom. The van der Waals surface area contributed by atoms with E-state index in [-0.39, 0.29) is 5.91 Å². The van der Waals surface area contributed by atoms with E-state index in [9.17, 15) is 4.79 Å². The molecule has 1 atom stereocenters. The fraction of sp³-hybridized carbons (Fsp3) is 0.444. The molecule has 2 aromatic rings. The fourth-order valence-electron chi connectivity index (χ4n) is 2.80. The number of anilines is 1. The lowest BCUT2D eigenvalue weighted by Gasteiger charge is -2.17. The maximum absolute atomic E-state index is 12.7. The summed E-state index contributed by atoms with van der Waals surface area (Å²) in [7, 11) is 0. The maximum Gasteiger partial charge on any atom is 0.260 e. The highest BCUT2D eigenvalue weighted by Gasteiger charge is 2.31. The number of aromatic nitrogens is 2. The van der Waals surface area contributed by atoms with Gasteiger partial charge in [-0.1, -0.05) is 12.1 Å². The van der Waals surface area contributed by atoms with Crippen molar-refractivity contribution < 1.29 is 9.53 Å². The van der Waals surface area contributed by atoms with Crippen molar-refractivity contribution in [1.82, 2.24) is 9.78 Å². The van der Waals surface area contributed by atoms with Crippen LogP contribution in [-0.2, 0) is 0 Å². The van der Waals surface area contributed by atoms with Crippen LogP contribution in [0, 0.1) is 12.8 Å². The Morgan fingerprint density at radius 2 is 2.17 bits per heavy atom. The molecule has 1 fully saturated rings. The van der Waals surface area contributed by atoms with Crippen LogP contribution in [0.3, 0.4) is 0 Å². The normalized spacial score (nSPS) is 15.3. The molecule has 1 aromatic heterocycles. The van der Waals surface area contributed by atoms with E-state index in [0.717, 1.165) is 11.4 Å². The standard InChI is InChI=1S/C18H23N3O2/c1-4-23-16-8-6-5-7-15(16)18(22)20-17-12(2)11-19-21(17)13(3)14-9-10-14/h5-8,11,13-14H,4,9-10H2,1-3H3,(H,20,22)/t13-/m1/s1. The van der Waals surface area contributed by atoms with E-state index in [1.165, 1.54) is 12.8 Å². The van der Waals surface area contributed by atoms with Gasteiger partial charge in [0.05, 0.1) is 24.4 Å². The number of para-hydroxylation sites is 1. The van der Waals surface area contributed by atoms with Crippen LogP contribution in [0.5, 0.6) is 5.75 Å². The lowest BCUT2D eigenvalue weighted by molar-refractivity contribution is 0.102. The third kappa shape index (κ3) is 3.23. The van der Waals surface area contributed by atoms with Crippen LogP contribution in [0.15, 0.2) is 30.5 Å². The van der Waals surface area contributed by atoms with E-state index in [2.05, 4.69) is 17.3 Å². The number of benzene rings is 1. The van der Waals surface area contributed by atoms with Crippen LogP contribution in [0.25, 0.3) is 0 Å². The number of carbonyl (C=O) groups excluding carboxylic acids is 1. The summed E-state index contributed by atoms with van der Waals surface area (Å²) in [4.78, 5) is 12.7. The van der Waals surface area contributed by atoms with Gasteiger partial charge in [-0.2, -0.15) is 5.10 Å². The molecule has 1 aliphatic rings. The van der Waals surface area contributed by atoms with E-state index in [4.69, 9.17) is 4.74 Å². The van der Waals surface area contributed by atoms with E-state index >= 15 is 0 Å². The average Bonchev–Trinajstić information content (AvgIpc) is 3.33. The predicted octanol–water partition coefficient (Wildman–Crippen LogP) is 3.81. The lowest BCUT2D eigenvalue weighted by atomic mass is 10.2. The van der Waals surface area contributed by atoms with Crippen molar-refractivity contribution in [3.8, 4) is 5.75 Å². The first-order valence-corrected chi connectivity index (χ1v) is 8.19.